The minimum Gasteiger partial charge on any atom is -0.481 e. The number of hydrogen-bond acceptors (Lipinski definition) is 4. The molecule has 2 unspecified atom stereocenters. The summed E-state index contributed by atoms with van der Waals surface area (Å²) in [4.78, 5) is 37.3. The Balaban J connectivity index is 1.92. The van der Waals surface area contributed by atoms with Crippen LogP contribution in [0.3, 0.4) is 0 Å². The van der Waals surface area contributed by atoms with E-state index in [1.54, 1.807) is 0 Å². The van der Waals surface area contributed by atoms with Crippen LogP contribution in [0.25, 0.3) is 0 Å². The maximum Gasteiger partial charge on any atom is 0.303 e. The summed E-state index contributed by atoms with van der Waals surface area (Å²) in [7, 11) is 1.52. The van der Waals surface area contributed by atoms with E-state index < -0.39 is 5.97 Å². The van der Waals surface area contributed by atoms with E-state index in [0.29, 0.717) is 12.3 Å². The third kappa shape index (κ3) is 3.12. The second kappa shape index (κ2) is 5.69. The Bertz CT molecular complexity index is 396. The van der Waals surface area contributed by atoms with Crippen LogP contribution in [-0.2, 0) is 14.4 Å². The van der Waals surface area contributed by atoms with Crippen LogP contribution in [0.5, 0.6) is 0 Å². The van der Waals surface area contributed by atoms with Crippen molar-refractivity contribution in [2.45, 2.75) is 38.1 Å². The number of carboxylic acid groups (broad SMARTS) is 1. The Morgan fingerprint density at radius 2 is 2.16 bits per heavy atom. The largest absolute Gasteiger partial charge is 0.481 e. The number of aliphatic carboxylic acids is 1. The summed E-state index contributed by atoms with van der Waals surface area (Å²) in [6, 6.07) is -0.329. The fraction of sp³-hybridized carbons (Fsp3) is 0.769. The first-order valence-corrected chi connectivity index (χ1v) is 6.75. The Morgan fingerprint density at radius 3 is 2.74 bits per heavy atom. The summed E-state index contributed by atoms with van der Waals surface area (Å²) in [6.07, 6.45) is 3.06. The lowest BCUT2D eigenvalue weighted by atomic mass is 9.92. The van der Waals surface area contributed by atoms with Crippen molar-refractivity contribution in [2.24, 2.45) is 5.92 Å². The highest BCUT2D eigenvalue weighted by atomic mass is 16.4. The highest BCUT2D eigenvalue weighted by Crippen LogP contribution is 2.26. The van der Waals surface area contributed by atoms with Gasteiger partial charge in [-0.1, -0.05) is 0 Å². The van der Waals surface area contributed by atoms with E-state index in [2.05, 4.69) is 4.90 Å². The molecule has 106 valence electrons. The Labute approximate surface area is 112 Å². The number of imide groups is 1. The third-order valence-electron chi connectivity index (χ3n) is 4.12. The molecule has 0 aromatic carbocycles. The van der Waals surface area contributed by atoms with Gasteiger partial charge in [-0.3, -0.25) is 24.2 Å². The number of amides is 2. The average molecular weight is 268 g/mol. The van der Waals surface area contributed by atoms with Crippen molar-refractivity contribution < 1.29 is 19.5 Å². The van der Waals surface area contributed by atoms with E-state index in [1.807, 2.05) is 0 Å². The van der Waals surface area contributed by atoms with Crippen LogP contribution >= 0.6 is 0 Å². The number of piperidine rings is 1. The van der Waals surface area contributed by atoms with Crippen LogP contribution in [0.4, 0.5) is 0 Å². The van der Waals surface area contributed by atoms with Crippen molar-refractivity contribution in [3.05, 3.63) is 0 Å². The highest BCUT2D eigenvalue weighted by Gasteiger charge is 2.41. The van der Waals surface area contributed by atoms with E-state index in [0.717, 1.165) is 25.9 Å². The highest BCUT2D eigenvalue weighted by molar-refractivity contribution is 6.05. The van der Waals surface area contributed by atoms with E-state index >= 15 is 0 Å². The molecule has 6 nitrogen and oxygen atoms in total. The number of nitrogens with zero attached hydrogens (tertiary/aromatic N) is 2. The summed E-state index contributed by atoms with van der Waals surface area (Å²) in [5.74, 6) is -0.700. The van der Waals surface area contributed by atoms with Gasteiger partial charge in [-0.2, -0.15) is 0 Å². The predicted molar refractivity (Wildman–Crippen MR) is 67.3 cm³/mol. The lowest BCUT2D eigenvalue weighted by Crippen LogP contribution is -2.46. The summed E-state index contributed by atoms with van der Waals surface area (Å²) in [5.41, 5.74) is 0. The smallest absolute Gasteiger partial charge is 0.303 e. The molecule has 2 heterocycles. The molecule has 0 spiro atoms. The van der Waals surface area contributed by atoms with E-state index in [1.165, 1.54) is 11.9 Å². The summed E-state index contributed by atoms with van der Waals surface area (Å²) >= 11 is 0. The van der Waals surface area contributed by atoms with Crippen molar-refractivity contribution >= 4 is 17.8 Å². The number of carbonyl (C=O) groups is 3. The molecular weight excluding hydrogens is 248 g/mol. The molecule has 0 aromatic rings. The molecule has 0 aliphatic carbocycles. The van der Waals surface area contributed by atoms with Crippen molar-refractivity contribution in [3.63, 3.8) is 0 Å². The van der Waals surface area contributed by atoms with Gasteiger partial charge in [0.2, 0.25) is 11.8 Å². The van der Waals surface area contributed by atoms with Gasteiger partial charge in [-0.15, -0.1) is 0 Å². The van der Waals surface area contributed by atoms with Crippen LogP contribution in [0.2, 0.25) is 0 Å². The van der Waals surface area contributed by atoms with Crippen LogP contribution in [0.15, 0.2) is 0 Å². The van der Waals surface area contributed by atoms with Gasteiger partial charge in [-0.25, -0.2) is 0 Å². The molecule has 6 heteroatoms. The standard InChI is InChI=1S/C13H20N2O4/c1-14-11(16)7-10(13(14)19)15-6-2-3-9(8-15)4-5-12(17)18/h9-10H,2-8H2,1H3,(H,17,18). The Morgan fingerprint density at radius 1 is 1.42 bits per heavy atom. The first kappa shape index (κ1) is 14.0. The van der Waals surface area contributed by atoms with E-state index in [9.17, 15) is 14.4 Å². The van der Waals surface area contributed by atoms with Crippen LogP contribution in [-0.4, -0.2) is 58.9 Å². The van der Waals surface area contributed by atoms with Gasteiger partial charge in [0.15, 0.2) is 0 Å². The molecule has 2 saturated heterocycles. The fourth-order valence-electron chi connectivity index (χ4n) is 2.96. The summed E-state index contributed by atoms with van der Waals surface area (Å²) in [6.45, 7) is 1.55. The minimum atomic E-state index is -0.774. The van der Waals surface area contributed by atoms with Gasteiger partial charge in [0.05, 0.1) is 12.5 Å². The molecule has 19 heavy (non-hydrogen) atoms. The number of hydrogen-bond donors (Lipinski definition) is 1. The van der Waals surface area contributed by atoms with Crippen molar-refractivity contribution in [2.75, 3.05) is 20.1 Å². The van der Waals surface area contributed by atoms with Gasteiger partial charge in [0.1, 0.15) is 0 Å². The number of carbonyl (C=O) groups excluding carboxylic acids is 2. The molecule has 0 saturated carbocycles. The molecule has 2 aliphatic rings. The Kier molecular flexibility index (Phi) is 4.19. The molecule has 2 amide bonds. The van der Waals surface area contributed by atoms with Gasteiger partial charge >= 0.3 is 5.97 Å². The molecule has 2 fully saturated rings. The summed E-state index contributed by atoms with van der Waals surface area (Å²) in [5, 5.41) is 8.71. The lowest BCUT2D eigenvalue weighted by molar-refractivity contribution is -0.139. The van der Waals surface area contributed by atoms with Crippen molar-refractivity contribution in [3.8, 4) is 0 Å². The zero-order valence-corrected chi connectivity index (χ0v) is 11.2. The SMILES string of the molecule is CN1C(=O)CC(N2CCCC(CCC(=O)O)C2)C1=O. The van der Waals surface area contributed by atoms with Crippen LogP contribution in [0, 0.1) is 5.92 Å². The normalized spacial score (nSPS) is 29.0. The molecule has 1 N–H and O–H groups in total. The zero-order valence-electron chi connectivity index (χ0n) is 11.2. The van der Waals surface area contributed by atoms with Crippen LogP contribution < -0.4 is 0 Å². The van der Waals surface area contributed by atoms with E-state index in [-0.39, 0.29) is 30.7 Å². The molecule has 0 bridgehead atoms. The lowest BCUT2D eigenvalue weighted by Gasteiger charge is -2.35. The number of likely N-dealkylation sites (tertiary alicyclic amines) is 2. The fourth-order valence-corrected chi connectivity index (χ4v) is 2.96. The first-order chi connectivity index (χ1) is 8.99. The van der Waals surface area contributed by atoms with Gasteiger partial charge in [0, 0.05) is 20.0 Å². The number of carboxylic acids is 1. The molecule has 2 rings (SSSR count). The van der Waals surface area contributed by atoms with Crippen molar-refractivity contribution in [1.82, 2.24) is 9.80 Å². The average Bonchev–Trinajstić information content (AvgIpc) is 2.64. The molecule has 2 aliphatic heterocycles. The first-order valence-electron chi connectivity index (χ1n) is 6.75. The van der Waals surface area contributed by atoms with Crippen LogP contribution in [0.1, 0.15) is 32.1 Å². The quantitative estimate of drug-likeness (QED) is 0.743. The van der Waals surface area contributed by atoms with Crippen molar-refractivity contribution in [1.29, 1.82) is 0 Å². The minimum absolute atomic E-state index is 0.121. The molecule has 0 aromatic heterocycles. The molecular formula is C13H20N2O4. The number of rotatable bonds is 4. The monoisotopic (exact) mass is 268 g/mol. The number of likely N-dealkylation sites (N-methyl/N-ethyl adjacent to an activating group) is 1. The third-order valence-corrected chi connectivity index (χ3v) is 4.12. The topological polar surface area (TPSA) is 77.9 Å². The second-order valence-electron chi connectivity index (χ2n) is 5.45. The summed E-state index contributed by atoms with van der Waals surface area (Å²) < 4.78 is 0. The zero-order chi connectivity index (χ0) is 14.0. The maximum absolute atomic E-state index is 12.0. The van der Waals surface area contributed by atoms with Gasteiger partial charge < -0.3 is 5.11 Å². The van der Waals surface area contributed by atoms with Gasteiger partial charge in [0.25, 0.3) is 0 Å². The maximum atomic E-state index is 12.0. The van der Waals surface area contributed by atoms with Gasteiger partial charge in [-0.05, 0) is 31.7 Å². The second-order valence-corrected chi connectivity index (χ2v) is 5.45. The Hall–Kier alpha value is -1.43. The molecule has 0 radical (unpaired) electrons. The predicted octanol–water partition coefficient (Wildman–Crippen LogP) is 0.320. The molecule has 2 atom stereocenters. The van der Waals surface area contributed by atoms with E-state index in [4.69, 9.17) is 5.11 Å².